The highest BCUT2D eigenvalue weighted by atomic mass is 16.1. The molecule has 1 atom stereocenters. The van der Waals surface area contributed by atoms with Crippen LogP contribution in [0.3, 0.4) is 0 Å². The zero-order valence-electron chi connectivity index (χ0n) is 12.5. The van der Waals surface area contributed by atoms with Gasteiger partial charge in [-0.1, -0.05) is 6.92 Å². The number of hydrogen-bond donors (Lipinski definition) is 2. The van der Waals surface area contributed by atoms with Crippen molar-refractivity contribution in [3.8, 4) is 0 Å². The molecule has 0 bridgehead atoms. The molecule has 2 aliphatic rings. The lowest BCUT2D eigenvalue weighted by Gasteiger charge is -2.44. The van der Waals surface area contributed by atoms with Crippen LogP contribution in [0.5, 0.6) is 0 Å². The van der Waals surface area contributed by atoms with Crippen molar-refractivity contribution in [2.75, 3.05) is 45.8 Å². The Hall–Kier alpha value is -0.650. The van der Waals surface area contributed by atoms with Crippen LogP contribution in [0, 0.1) is 5.41 Å². The van der Waals surface area contributed by atoms with Crippen LogP contribution >= 0.6 is 0 Å². The van der Waals surface area contributed by atoms with Crippen LogP contribution < -0.4 is 11.1 Å². The average molecular weight is 268 g/mol. The van der Waals surface area contributed by atoms with Gasteiger partial charge in [-0.15, -0.1) is 0 Å². The standard InChI is InChI=1S/C14H28N4O/c1-13(2,12(15)19)18-8-6-17(7-9-18)11-14(3)4-5-16-10-14/h16H,4-11H2,1-3H3,(H2,15,19). The summed E-state index contributed by atoms with van der Waals surface area (Å²) in [5, 5.41) is 3.45. The molecule has 0 radical (unpaired) electrons. The van der Waals surface area contributed by atoms with Crippen LogP contribution in [0.1, 0.15) is 27.2 Å². The Balaban J connectivity index is 1.84. The maximum Gasteiger partial charge on any atom is 0.237 e. The molecular formula is C14H28N4O. The molecule has 110 valence electrons. The van der Waals surface area contributed by atoms with Crippen LogP contribution in [-0.4, -0.2) is 67.1 Å². The van der Waals surface area contributed by atoms with Gasteiger partial charge in [0.2, 0.25) is 5.91 Å². The first-order chi connectivity index (χ1) is 8.83. The number of nitrogens with two attached hydrogens (primary N) is 1. The Morgan fingerprint density at radius 3 is 2.42 bits per heavy atom. The van der Waals surface area contributed by atoms with E-state index in [0.717, 1.165) is 45.8 Å². The van der Waals surface area contributed by atoms with E-state index in [-0.39, 0.29) is 5.91 Å². The monoisotopic (exact) mass is 268 g/mol. The van der Waals surface area contributed by atoms with E-state index in [0.29, 0.717) is 5.41 Å². The van der Waals surface area contributed by atoms with E-state index in [1.807, 2.05) is 13.8 Å². The molecule has 1 amide bonds. The van der Waals surface area contributed by atoms with E-state index in [4.69, 9.17) is 5.73 Å². The number of piperazine rings is 1. The minimum atomic E-state index is -0.523. The molecule has 3 N–H and O–H groups in total. The van der Waals surface area contributed by atoms with Crippen molar-refractivity contribution in [2.24, 2.45) is 11.1 Å². The lowest BCUT2D eigenvalue weighted by atomic mass is 9.89. The van der Waals surface area contributed by atoms with Gasteiger partial charge in [0.1, 0.15) is 0 Å². The molecule has 0 aromatic carbocycles. The fraction of sp³-hybridized carbons (Fsp3) is 0.929. The van der Waals surface area contributed by atoms with Gasteiger partial charge in [-0.2, -0.15) is 0 Å². The summed E-state index contributed by atoms with van der Waals surface area (Å²) in [5.41, 5.74) is 5.38. The van der Waals surface area contributed by atoms with Gasteiger partial charge >= 0.3 is 0 Å². The SMILES string of the molecule is CC1(CN2CCN(C(C)(C)C(N)=O)CC2)CCNC1. The Labute approximate surface area is 116 Å². The van der Waals surface area contributed by atoms with Crippen molar-refractivity contribution in [2.45, 2.75) is 32.7 Å². The predicted molar refractivity (Wildman–Crippen MR) is 76.9 cm³/mol. The van der Waals surface area contributed by atoms with Crippen LogP contribution in [0.4, 0.5) is 0 Å². The first-order valence-electron chi connectivity index (χ1n) is 7.32. The van der Waals surface area contributed by atoms with E-state index in [1.54, 1.807) is 0 Å². The van der Waals surface area contributed by atoms with E-state index < -0.39 is 5.54 Å². The van der Waals surface area contributed by atoms with Gasteiger partial charge in [0.25, 0.3) is 0 Å². The first kappa shape index (κ1) is 14.8. The molecule has 5 nitrogen and oxygen atoms in total. The van der Waals surface area contributed by atoms with Gasteiger partial charge < -0.3 is 16.0 Å². The summed E-state index contributed by atoms with van der Waals surface area (Å²) >= 11 is 0. The van der Waals surface area contributed by atoms with Gasteiger partial charge in [0.05, 0.1) is 5.54 Å². The van der Waals surface area contributed by atoms with E-state index >= 15 is 0 Å². The lowest BCUT2D eigenvalue weighted by molar-refractivity contribution is -0.129. The minimum absolute atomic E-state index is 0.229. The summed E-state index contributed by atoms with van der Waals surface area (Å²) in [6, 6.07) is 0. The number of primary amides is 1. The Kier molecular flexibility index (Phi) is 4.18. The molecule has 2 heterocycles. The summed E-state index contributed by atoms with van der Waals surface area (Å²) in [6.45, 7) is 13.6. The van der Waals surface area contributed by atoms with Crippen molar-refractivity contribution in [1.82, 2.24) is 15.1 Å². The van der Waals surface area contributed by atoms with Gasteiger partial charge in [0, 0.05) is 39.3 Å². The highest BCUT2D eigenvalue weighted by Crippen LogP contribution is 2.26. The van der Waals surface area contributed by atoms with Crippen molar-refractivity contribution in [1.29, 1.82) is 0 Å². The molecule has 2 rings (SSSR count). The molecule has 0 saturated carbocycles. The Bertz CT molecular complexity index is 328. The van der Waals surface area contributed by atoms with Crippen molar-refractivity contribution >= 4 is 5.91 Å². The third-order valence-corrected chi connectivity index (χ3v) is 4.83. The van der Waals surface area contributed by atoms with E-state index in [2.05, 4.69) is 22.0 Å². The summed E-state index contributed by atoms with van der Waals surface area (Å²) in [6.07, 6.45) is 1.26. The van der Waals surface area contributed by atoms with E-state index in [1.165, 1.54) is 6.42 Å². The van der Waals surface area contributed by atoms with Crippen LogP contribution in [-0.2, 0) is 4.79 Å². The topological polar surface area (TPSA) is 61.6 Å². The molecule has 0 spiro atoms. The molecule has 0 aromatic rings. The van der Waals surface area contributed by atoms with Gasteiger partial charge in [0.15, 0.2) is 0 Å². The number of carbonyl (C=O) groups excluding carboxylic acids is 1. The molecule has 5 heteroatoms. The number of carbonyl (C=O) groups is 1. The van der Waals surface area contributed by atoms with Crippen LogP contribution in [0.2, 0.25) is 0 Å². The summed E-state index contributed by atoms with van der Waals surface area (Å²) < 4.78 is 0. The third kappa shape index (κ3) is 3.27. The second kappa shape index (κ2) is 5.38. The zero-order valence-corrected chi connectivity index (χ0v) is 12.5. The molecule has 1 unspecified atom stereocenters. The molecule has 2 aliphatic heterocycles. The highest BCUT2D eigenvalue weighted by Gasteiger charge is 2.36. The van der Waals surface area contributed by atoms with Crippen LogP contribution in [0.15, 0.2) is 0 Å². The largest absolute Gasteiger partial charge is 0.368 e. The number of hydrogen-bond acceptors (Lipinski definition) is 4. The summed E-state index contributed by atoms with van der Waals surface area (Å²) in [7, 11) is 0. The minimum Gasteiger partial charge on any atom is -0.368 e. The molecule has 2 saturated heterocycles. The maximum atomic E-state index is 11.5. The van der Waals surface area contributed by atoms with E-state index in [9.17, 15) is 4.79 Å². The number of rotatable bonds is 4. The fourth-order valence-corrected chi connectivity index (χ4v) is 3.16. The number of amides is 1. The first-order valence-corrected chi connectivity index (χ1v) is 7.32. The number of nitrogens with zero attached hydrogens (tertiary/aromatic N) is 2. The molecule has 19 heavy (non-hydrogen) atoms. The Morgan fingerprint density at radius 2 is 1.95 bits per heavy atom. The molecule has 2 fully saturated rings. The lowest BCUT2D eigenvalue weighted by Crippen LogP contribution is -2.60. The van der Waals surface area contributed by atoms with Crippen molar-refractivity contribution in [3.63, 3.8) is 0 Å². The zero-order chi connectivity index (χ0) is 14.1. The predicted octanol–water partition coefficient (Wildman–Crippen LogP) is -0.132. The summed E-state index contributed by atoms with van der Waals surface area (Å²) in [4.78, 5) is 16.2. The fourth-order valence-electron chi connectivity index (χ4n) is 3.16. The second-order valence-electron chi connectivity index (χ2n) is 6.92. The van der Waals surface area contributed by atoms with Crippen molar-refractivity contribution < 1.29 is 4.79 Å². The Morgan fingerprint density at radius 1 is 1.32 bits per heavy atom. The van der Waals surface area contributed by atoms with Crippen LogP contribution in [0.25, 0.3) is 0 Å². The molecule has 0 aromatic heterocycles. The highest BCUT2D eigenvalue weighted by molar-refractivity contribution is 5.83. The summed E-state index contributed by atoms with van der Waals surface area (Å²) in [5.74, 6) is -0.229. The molecule has 0 aliphatic carbocycles. The normalized spacial score (nSPS) is 30.7. The second-order valence-corrected chi connectivity index (χ2v) is 6.92. The van der Waals surface area contributed by atoms with Gasteiger partial charge in [-0.25, -0.2) is 0 Å². The van der Waals surface area contributed by atoms with Gasteiger partial charge in [-0.05, 0) is 32.2 Å². The average Bonchev–Trinajstić information content (AvgIpc) is 2.76. The maximum absolute atomic E-state index is 11.5. The number of nitrogens with one attached hydrogen (secondary N) is 1. The van der Waals surface area contributed by atoms with Crippen molar-refractivity contribution in [3.05, 3.63) is 0 Å². The molecular weight excluding hydrogens is 240 g/mol. The smallest absolute Gasteiger partial charge is 0.237 e. The third-order valence-electron chi connectivity index (χ3n) is 4.83. The quantitative estimate of drug-likeness (QED) is 0.745. The van der Waals surface area contributed by atoms with Gasteiger partial charge in [-0.3, -0.25) is 9.69 Å².